The molecule has 2 N–H and O–H groups in total. The summed E-state index contributed by atoms with van der Waals surface area (Å²) in [5.74, 6) is 0.00972. The maximum atomic E-state index is 11.9. The van der Waals surface area contributed by atoms with Crippen LogP contribution in [-0.2, 0) is 4.79 Å². The highest BCUT2D eigenvalue weighted by Gasteiger charge is 2.14. The molecule has 0 aliphatic rings. The Hall–Kier alpha value is -1.87. The number of fused-ring (bicyclic) bond motifs is 1. The van der Waals surface area contributed by atoms with Gasteiger partial charge < -0.3 is 10.4 Å². The Labute approximate surface area is 126 Å². The van der Waals surface area contributed by atoms with E-state index in [9.17, 15) is 9.90 Å². The minimum atomic E-state index is -0.674. The van der Waals surface area contributed by atoms with Crippen molar-refractivity contribution < 1.29 is 9.90 Å². The number of carbonyl (C=O) groups is 1. The second-order valence-corrected chi connectivity index (χ2v) is 5.56. The summed E-state index contributed by atoms with van der Waals surface area (Å²) >= 11 is 0. The Morgan fingerprint density at radius 3 is 2.62 bits per heavy atom. The largest absolute Gasteiger partial charge is 0.387 e. The SMILES string of the molecule is CCCC(C)C(=O)NCC(O)c1ccc2ccccc2c1. The molecular weight excluding hydrogens is 262 g/mol. The number of nitrogens with one attached hydrogen (secondary N) is 1. The quantitative estimate of drug-likeness (QED) is 0.854. The number of aliphatic hydroxyl groups excluding tert-OH is 1. The summed E-state index contributed by atoms with van der Waals surface area (Å²) in [6.07, 6.45) is 1.19. The summed E-state index contributed by atoms with van der Waals surface area (Å²) in [6, 6.07) is 13.9. The van der Waals surface area contributed by atoms with E-state index in [1.165, 1.54) is 0 Å². The lowest BCUT2D eigenvalue weighted by molar-refractivity contribution is -0.125. The number of rotatable bonds is 6. The van der Waals surface area contributed by atoms with E-state index in [1.807, 2.05) is 49.4 Å². The monoisotopic (exact) mass is 285 g/mol. The Morgan fingerprint density at radius 2 is 1.90 bits per heavy atom. The molecule has 0 aromatic heterocycles. The van der Waals surface area contributed by atoms with Crippen molar-refractivity contribution in [2.45, 2.75) is 32.8 Å². The Morgan fingerprint density at radius 1 is 1.19 bits per heavy atom. The van der Waals surface area contributed by atoms with Gasteiger partial charge in [-0.25, -0.2) is 0 Å². The first kappa shape index (κ1) is 15.5. The molecule has 1 amide bonds. The van der Waals surface area contributed by atoms with Crippen LogP contribution in [-0.4, -0.2) is 17.6 Å². The van der Waals surface area contributed by atoms with Gasteiger partial charge >= 0.3 is 0 Å². The van der Waals surface area contributed by atoms with Crippen LogP contribution < -0.4 is 5.32 Å². The van der Waals surface area contributed by atoms with Gasteiger partial charge in [-0.1, -0.05) is 56.7 Å². The van der Waals surface area contributed by atoms with Gasteiger partial charge in [0.05, 0.1) is 6.10 Å². The summed E-state index contributed by atoms with van der Waals surface area (Å²) in [5.41, 5.74) is 0.831. The molecule has 0 fully saturated rings. The van der Waals surface area contributed by atoms with E-state index in [0.29, 0.717) is 0 Å². The summed E-state index contributed by atoms with van der Waals surface area (Å²) < 4.78 is 0. The van der Waals surface area contributed by atoms with Gasteiger partial charge in [-0.3, -0.25) is 4.79 Å². The molecule has 0 aliphatic carbocycles. The topological polar surface area (TPSA) is 49.3 Å². The number of hydrogen-bond acceptors (Lipinski definition) is 2. The highest BCUT2D eigenvalue weighted by atomic mass is 16.3. The molecule has 0 bridgehead atoms. The van der Waals surface area contributed by atoms with Crippen molar-refractivity contribution in [3.05, 3.63) is 48.0 Å². The van der Waals surface area contributed by atoms with Crippen LogP contribution in [0, 0.1) is 5.92 Å². The van der Waals surface area contributed by atoms with Gasteiger partial charge in [0, 0.05) is 12.5 Å². The van der Waals surface area contributed by atoms with Gasteiger partial charge in [-0.2, -0.15) is 0 Å². The van der Waals surface area contributed by atoms with Crippen molar-refractivity contribution in [1.29, 1.82) is 0 Å². The van der Waals surface area contributed by atoms with Crippen molar-refractivity contribution in [3.63, 3.8) is 0 Å². The molecule has 21 heavy (non-hydrogen) atoms. The second kappa shape index (κ2) is 7.23. The smallest absolute Gasteiger partial charge is 0.222 e. The lowest BCUT2D eigenvalue weighted by Gasteiger charge is -2.15. The minimum Gasteiger partial charge on any atom is -0.387 e. The van der Waals surface area contributed by atoms with Gasteiger partial charge in [-0.15, -0.1) is 0 Å². The predicted octanol–water partition coefficient (Wildman–Crippen LogP) is 3.43. The predicted molar refractivity (Wildman–Crippen MR) is 86.0 cm³/mol. The van der Waals surface area contributed by atoms with E-state index in [2.05, 4.69) is 12.2 Å². The van der Waals surface area contributed by atoms with E-state index < -0.39 is 6.10 Å². The molecule has 0 saturated heterocycles. The average molecular weight is 285 g/mol. The molecule has 112 valence electrons. The Balaban J connectivity index is 1.98. The van der Waals surface area contributed by atoms with Crippen LogP contribution in [0.1, 0.15) is 38.4 Å². The first-order valence-corrected chi connectivity index (χ1v) is 7.56. The average Bonchev–Trinajstić information content (AvgIpc) is 2.52. The number of carbonyl (C=O) groups excluding carboxylic acids is 1. The summed E-state index contributed by atoms with van der Waals surface area (Å²) in [7, 11) is 0. The third-order valence-corrected chi connectivity index (χ3v) is 3.80. The summed E-state index contributed by atoms with van der Waals surface area (Å²) in [6.45, 7) is 4.24. The van der Waals surface area contributed by atoms with Crippen LogP contribution in [0.3, 0.4) is 0 Å². The first-order chi connectivity index (χ1) is 10.1. The van der Waals surface area contributed by atoms with E-state index >= 15 is 0 Å². The van der Waals surface area contributed by atoms with Crippen molar-refractivity contribution in [2.75, 3.05) is 6.54 Å². The molecule has 0 heterocycles. The van der Waals surface area contributed by atoms with Crippen molar-refractivity contribution in [1.82, 2.24) is 5.32 Å². The fourth-order valence-corrected chi connectivity index (χ4v) is 2.47. The second-order valence-electron chi connectivity index (χ2n) is 5.56. The fourth-order valence-electron chi connectivity index (χ4n) is 2.47. The highest BCUT2D eigenvalue weighted by molar-refractivity contribution is 5.83. The summed E-state index contributed by atoms with van der Waals surface area (Å²) in [4.78, 5) is 11.9. The fraction of sp³-hybridized carbons (Fsp3) is 0.389. The molecule has 2 aromatic carbocycles. The molecule has 2 unspecified atom stereocenters. The number of benzene rings is 2. The van der Waals surface area contributed by atoms with Crippen LogP contribution in [0.15, 0.2) is 42.5 Å². The van der Waals surface area contributed by atoms with Gasteiger partial charge in [-0.05, 0) is 28.8 Å². The standard InChI is InChI=1S/C18H23NO2/c1-3-6-13(2)18(21)19-12-17(20)16-10-9-14-7-4-5-8-15(14)11-16/h4-5,7-11,13,17,20H,3,6,12H2,1-2H3,(H,19,21). The molecule has 2 aromatic rings. The van der Waals surface area contributed by atoms with Gasteiger partial charge in [0.2, 0.25) is 5.91 Å². The minimum absolute atomic E-state index is 0.00111. The highest BCUT2D eigenvalue weighted by Crippen LogP contribution is 2.20. The Bertz CT molecular complexity index is 609. The van der Waals surface area contributed by atoms with E-state index in [1.54, 1.807) is 0 Å². The normalized spacial score (nSPS) is 13.9. The molecule has 0 radical (unpaired) electrons. The van der Waals surface area contributed by atoms with Gasteiger partial charge in [0.25, 0.3) is 0 Å². The number of aliphatic hydroxyl groups is 1. The third-order valence-electron chi connectivity index (χ3n) is 3.80. The lowest BCUT2D eigenvalue weighted by Crippen LogP contribution is -2.32. The molecule has 2 atom stereocenters. The van der Waals surface area contributed by atoms with Crippen LogP contribution in [0.4, 0.5) is 0 Å². The molecule has 0 saturated carbocycles. The molecular formula is C18H23NO2. The molecule has 0 spiro atoms. The van der Waals surface area contributed by atoms with E-state index in [4.69, 9.17) is 0 Å². The molecule has 0 aliphatic heterocycles. The zero-order valence-electron chi connectivity index (χ0n) is 12.7. The number of amides is 1. The van der Waals surface area contributed by atoms with E-state index in [0.717, 1.165) is 29.2 Å². The van der Waals surface area contributed by atoms with E-state index in [-0.39, 0.29) is 18.4 Å². The zero-order valence-corrected chi connectivity index (χ0v) is 12.7. The summed E-state index contributed by atoms with van der Waals surface area (Å²) in [5, 5.41) is 15.3. The number of hydrogen-bond donors (Lipinski definition) is 2. The van der Waals surface area contributed by atoms with Crippen LogP contribution in [0.25, 0.3) is 10.8 Å². The van der Waals surface area contributed by atoms with Crippen LogP contribution in [0.5, 0.6) is 0 Å². The first-order valence-electron chi connectivity index (χ1n) is 7.56. The molecule has 3 heteroatoms. The van der Waals surface area contributed by atoms with Crippen LogP contribution >= 0.6 is 0 Å². The van der Waals surface area contributed by atoms with Gasteiger partial charge in [0.1, 0.15) is 0 Å². The van der Waals surface area contributed by atoms with Gasteiger partial charge in [0.15, 0.2) is 0 Å². The Kier molecular flexibility index (Phi) is 5.34. The van der Waals surface area contributed by atoms with Crippen molar-refractivity contribution in [2.24, 2.45) is 5.92 Å². The zero-order chi connectivity index (χ0) is 15.2. The van der Waals surface area contributed by atoms with Crippen LogP contribution in [0.2, 0.25) is 0 Å². The molecule has 3 nitrogen and oxygen atoms in total. The maximum absolute atomic E-state index is 11.9. The lowest BCUT2D eigenvalue weighted by atomic mass is 10.0. The molecule has 2 rings (SSSR count). The third kappa shape index (κ3) is 4.05. The maximum Gasteiger partial charge on any atom is 0.222 e. The van der Waals surface area contributed by atoms with Crippen molar-refractivity contribution >= 4 is 16.7 Å². The van der Waals surface area contributed by atoms with Crippen molar-refractivity contribution in [3.8, 4) is 0 Å².